The molecule has 1 aromatic rings. The Bertz CT molecular complexity index is 320. The Morgan fingerprint density at radius 2 is 1.88 bits per heavy atom. The fourth-order valence-corrected chi connectivity index (χ4v) is 2.19. The van der Waals surface area contributed by atoms with E-state index in [9.17, 15) is 0 Å². The molecule has 0 saturated heterocycles. The predicted octanol–water partition coefficient (Wildman–Crippen LogP) is 4.20. The molecule has 0 amide bonds. The van der Waals surface area contributed by atoms with Crippen molar-refractivity contribution in [3.8, 4) is 0 Å². The first-order chi connectivity index (χ1) is 7.57. The van der Waals surface area contributed by atoms with Crippen molar-refractivity contribution in [3.05, 3.63) is 11.1 Å². The molecule has 1 aromatic heterocycles. The molecule has 0 fully saturated rings. The lowest BCUT2D eigenvalue weighted by atomic mass is 10.1. The molecule has 16 heavy (non-hydrogen) atoms. The summed E-state index contributed by atoms with van der Waals surface area (Å²) in [6.45, 7) is 8.65. The van der Waals surface area contributed by atoms with Crippen molar-refractivity contribution in [1.29, 1.82) is 0 Å². The van der Waals surface area contributed by atoms with Gasteiger partial charge in [-0.1, -0.05) is 40.0 Å². The van der Waals surface area contributed by atoms with Crippen molar-refractivity contribution in [3.63, 3.8) is 0 Å². The molecule has 0 aromatic carbocycles. The maximum Gasteiger partial charge on any atom is 0.225 e. The maximum atomic E-state index is 6.09. The van der Waals surface area contributed by atoms with E-state index >= 15 is 0 Å². The quantitative estimate of drug-likeness (QED) is 0.702. The summed E-state index contributed by atoms with van der Waals surface area (Å²) < 4.78 is 2.07. The van der Waals surface area contributed by atoms with E-state index in [1.54, 1.807) is 0 Å². The minimum atomic E-state index is 0.369. The first kappa shape index (κ1) is 13.5. The van der Waals surface area contributed by atoms with E-state index in [0.29, 0.717) is 17.2 Å². The van der Waals surface area contributed by atoms with E-state index in [-0.39, 0.29) is 0 Å². The molecule has 0 aliphatic rings. The zero-order valence-electron chi connectivity index (χ0n) is 10.7. The van der Waals surface area contributed by atoms with Gasteiger partial charge in [-0.15, -0.1) is 10.2 Å². The van der Waals surface area contributed by atoms with Gasteiger partial charge < -0.3 is 0 Å². The highest BCUT2D eigenvalue weighted by Gasteiger charge is 2.17. The number of aromatic nitrogens is 3. The van der Waals surface area contributed by atoms with Crippen LogP contribution < -0.4 is 0 Å². The lowest BCUT2D eigenvalue weighted by Crippen LogP contribution is -2.11. The molecule has 92 valence electrons. The second kappa shape index (κ2) is 6.24. The van der Waals surface area contributed by atoms with Gasteiger partial charge in [0.2, 0.25) is 5.28 Å². The van der Waals surface area contributed by atoms with Crippen molar-refractivity contribution in [2.24, 2.45) is 0 Å². The molecule has 0 saturated carbocycles. The Balaban J connectivity index is 2.73. The van der Waals surface area contributed by atoms with Gasteiger partial charge >= 0.3 is 0 Å². The van der Waals surface area contributed by atoms with Gasteiger partial charge in [0.25, 0.3) is 0 Å². The van der Waals surface area contributed by atoms with Gasteiger partial charge in [0.15, 0.2) is 0 Å². The average Bonchev–Trinajstić information content (AvgIpc) is 2.60. The SMILES string of the molecule is CCCCCC(C)n1c(Cl)nnc1C(C)C. The van der Waals surface area contributed by atoms with E-state index in [0.717, 1.165) is 12.2 Å². The highest BCUT2D eigenvalue weighted by Crippen LogP contribution is 2.25. The standard InChI is InChI=1S/C12H22ClN3/c1-5-6-7-8-10(4)16-11(9(2)3)14-15-12(16)13/h9-10H,5-8H2,1-4H3. The van der Waals surface area contributed by atoms with Crippen LogP contribution in [0, 0.1) is 0 Å². The predicted molar refractivity (Wildman–Crippen MR) is 68.0 cm³/mol. The van der Waals surface area contributed by atoms with Crippen LogP contribution in [0.1, 0.15) is 71.2 Å². The molecule has 1 heterocycles. The molecule has 3 nitrogen and oxygen atoms in total. The number of hydrogen-bond donors (Lipinski definition) is 0. The Morgan fingerprint density at radius 3 is 2.44 bits per heavy atom. The normalized spacial score (nSPS) is 13.4. The topological polar surface area (TPSA) is 30.7 Å². The van der Waals surface area contributed by atoms with Crippen molar-refractivity contribution in [2.75, 3.05) is 0 Å². The Kier molecular flexibility index (Phi) is 5.26. The minimum absolute atomic E-state index is 0.369. The second-order valence-corrected chi connectivity index (χ2v) is 5.03. The van der Waals surface area contributed by atoms with Gasteiger partial charge in [-0.2, -0.15) is 0 Å². The molecular formula is C12H22ClN3. The zero-order valence-corrected chi connectivity index (χ0v) is 11.5. The first-order valence-corrected chi connectivity index (χ1v) is 6.56. The minimum Gasteiger partial charge on any atom is -0.299 e. The third kappa shape index (κ3) is 3.21. The van der Waals surface area contributed by atoms with E-state index in [1.807, 2.05) is 0 Å². The summed E-state index contributed by atoms with van der Waals surface area (Å²) in [6.07, 6.45) is 4.91. The highest BCUT2D eigenvalue weighted by molar-refractivity contribution is 6.28. The fraction of sp³-hybridized carbons (Fsp3) is 0.833. The Hall–Kier alpha value is -0.570. The molecule has 0 aliphatic carbocycles. The summed E-state index contributed by atoms with van der Waals surface area (Å²) in [5, 5.41) is 8.63. The van der Waals surface area contributed by atoms with Crippen molar-refractivity contribution < 1.29 is 0 Å². The van der Waals surface area contributed by atoms with E-state index in [4.69, 9.17) is 11.6 Å². The van der Waals surface area contributed by atoms with Gasteiger partial charge in [0.05, 0.1) is 0 Å². The Labute approximate surface area is 103 Å². The molecule has 0 spiro atoms. The van der Waals surface area contributed by atoms with Crippen LogP contribution >= 0.6 is 11.6 Å². The number of nitrogens with zero attached hydrogens (tertiary/aromatic N) is 3. The molecule has 4 heteroatoms. The van der Waals surface area contributed by atoms with Crippen LogP contribution in [0.2, 0.25) is 5.28 Å². The van der Waals surface area contributed by atoms with Gasteiger partial charge in [-0.05, 0) is 24.9 Å². The highest BCUT2D eigenvalue weighted by atomic mass is 35.5. The first-order valence-electron chi connectivity index (χ1n) is 6.18. The van der Waals surface area contributed by atoms with Crippen LogP contribution in [0.3, 0.4) is 0 Å². The molecule has 1 rings (SSSR count). The smallest absolute Gasteiger partial charge is 0.225 e. The summed E-state index contributed by atoms with van der Waals surface area (Å²) in [4.78, 5) is 0. The van der Waals surface area contributed by atoms with Crippen LogP contribution in [0.5, 0.6) is 0 Å². The van der Waals surface area contributed by atoms with Crippen molar-refractivity contribution in [2.45, 2.75) is 65.3 Å². The average molecular weight is 244 g/mol. The maximum absolute atomic E-state index is 6.09. The van der Waals surface area contributed by atoms with Crippen LogP contribution in [0.4, 0.5) is 0 Å². The third-order valence-corrected chi connectivity index (χ3v) is 3.12. The lowest BCUT2D eigenvalue weighted by Gasteiger charge is -2.17. The molecule has 0 bridgehead atoms. The van der Waals surface area contributed by atoms with Gasteiger partial charge in [-0.25, -0.2) is 0 Å². The Morgan fingerprint density at radius 1 is 1.19 bits per heavy atom. The van der Waals surface area contributed by atoms with Gasteiger partial charge in [0.1, 0.15) is 5.82 Å². The largest absolute Gasteiger partial charge is 0.299 e. The second-order valence-electron chi connectivity index (χ2n) is 4.70. The monoisotopic (exact) mass is 243 g/mol. The number of hydrogen-bond acceptors (Lipinski definition) is 2. The number of rotatable bonds is 6. The zero-order chi connectivity index (χ0) is 12.1. The third-order valence-electron chi connectivity index (χ3n) is 2.86. The number of unbranched alkanes of at least 4 members (excludes halogenated alkanes) is 2. The molecule has 1 atom stereocenters. The van der Waals surface area contributed by atoms with Crippen molar-refractivity contribution in [1.82, 2.24) is 14.8 Å². The van der Waals surface area contributed by atoms with E-state index in [2.05, 4.69) is 42.5 Å². The van der Waals surface area contributed by atoms with Crippen LogP contribution in [-0.2, 0) is 0 Å². The van der Waals surface area contributed by atoms with Gasteiger partial charge in [-0.3, -0.25) is 4.57 Å². The summed E-state index contributed by atoms with van der Waals surface area (Å²) in [6, 6.07) is 0.395. The summed E-state index contributed by atoms with van der Waals surface area (Å²) in [5.74, 6) is 1.36. The number of halogens is 1. The van der Waals surface area contributed by atoms with Crippen LogP contribution in [0.25, 0.3) is 0 Å². The van der Waals surface area contributed by atoms with Crippen LogP contribution in [0.15, 0.2) is 0 Å². The van der Waals surface area contributed by atoms with E-state index < -0.39 is 0 Å². The summed E-state index contributed by atoms with van der Waals surface area (Å²) in [5.41, 5.74) is 0. The molecular weight excluding hydrogens is 222 g/mol. The molecule has 0 N–H and O–H groups in total. The van der Waals surface area contributed by atoms with E-state index in [1.165, 1.54) is 19.3 Å². The molecule has 0 aliphatic heterocycles. The fourth-order valence-electron chi connectivity index (χ4n) is 1.90. The molecule has 0 radical (unpaired) electrons. The molecule has 1 unspecified atom stereocenters. The lowest BCUT2D eigenvalue weighted by molar-refractivity contribution is 0.455. The summed E-state index contributed by atoms with van der Waals surface area (Å²) in [7, 11) is 0. The van der Waals surface area contributed by atoms with Crippen molar-refractivity contribution >= 4 is 11.6 Å². The summed E-state index contributed by atoms with van der Waals surface area (Å²) >= 11 is 6.09. The van der Waals surface area contributed by atoms with Gasteiger partial charge in [0, 0.05) is 12.0 Å². The van der Waals surface area contributed by atoms with Crippen LogP contribution in [-0.4, -0.2) is 14.8 Å².